The van der Waals surface area contributed by atoms with Gasteiger partial charge in [-0.15, -0.1) is 0 Å². The Labute approximate surface area is 109 Å². The highest BCUT2D eigenvalue weighted by Crippen LogP contribution is 2.28. The summed E-state index contributed by atoms with van der Waals surface area (Å²) in [5.74, 6) is -0.0956. The molecule has 0 heterocycles. The third-order valence-electron chi connectivity index (χ3n) is 3.27. The highest BCUT2D eigenvalue weighted by atomic mass is 19.1. The molecule has 0 amide bonds. The molecule has 1 atom stereocenters. The molecule has 18 heavy (non-hydrogen) atoms. The Hall–Kier alpha value is -1.13. The standard InChI is InChI=1S/C14H23FN2O/c1-10(16)11-7-6-8-12(15)13(11)18-9-14(2,3)17(4)5/h6-8,10H,9,16H2,1-5H3/t10-/m0/s1. The van der Waals surface area contributed by atoms with Crippen LogP contribution in [0.3, 0.4) is 0 Å². The summed E-state index contributed by atoms with van der Waals surface area (Å²) in [7, 11) is 3.94. The van der Waals surface area contributed by atoms with Crippen molar-refractivity contribution in [1.29, 1.82) is 0 Å². The predicted octanol–water partition coefficient (Wildman–Crippen LogP) is 2.56. The van der Waals surface area contributed by atoms with Crippen molar-refractivity contribution < 1.29 is 9.13 Å². The maximum Gasteiger partial charge on any atom is 0.165 e. The summed E-state index contributed by atoms with van der Waals surface area (Å²) >= 11 is 0. The number of ether oxygens (including phenoxy) is 1. The van der Waals surface area contributed by atoms with Crippen molar-refractivity contribution in [3.05, 3.63) is 29.6 Å². The van der Waals surface area contributed by atoms with Crippen molar-refractivity contribution in [3.63, 3.8) is 0 Å². The van der Waals surface area contributed by atoms with Crippen molar-refractivity contribution in [2.75, 3.05) is 20.7 Å². The van der Waals surface area contributed by atoms with E-state index in [2.05, 4.69) is 0 Å². The van der Waals surface area contributed by atoms with E-state index in [4.69, 9.17) is 10.5 Å². The summed E-state index contributed by atoms with van der Waals surface area (Å²) in [5, 5.41) is 0. The molecule has 0 aliphatic rings. The number of halogens is 1. The highest BCUT2D eigenvalue weighted by Gasteiger charge is 2.23. The van der Waals surface area contributed by atoms with Crippen LogP contribution in [0.1, 0.15) is 32.4 Å². The maximum absolute atomic E-state index is 13.8. The molecule has 0 saturated heterocycles. The van der Waals surface area contributed by atoms with Gasteiger partial charge in [0.05, 0.1) is 0 Å². The van der Waals surface area contributed by atoms with Gasteiger partial charge < -0.3 is 15.4 Å². The highest BCUT2D eigenvalue weighted by molar-refractivity contribution is 5.37. The molecule has 0 spiro atoms. The lowest BCUT2D eigenvalue weighted by molar-refractivity contribution is 0.110. The second kappa shape index (κ2) is 5.67. The van der Waals surface area contributed by atoms with E-state index in [-0.39, 0.29) is 23.1 Å². The van der Waals surface area contributed by atoms with Gasteiger partial charge in [-0.2, -0.15) is 0 Å². The molecule has 2 N–H and O–H groups in total. The van der Waals surface area contributed by atoms with Crippen molar-refractivity contribution in [1.82, 2.24) is 4.90 Å². The summed E-state index contributed by atoms with van der Waals surface area (Å²) in [4.78, 5) is 2.04. The Morgan fingerprint density at radius 2 is 2.00 bits per heavy atom. The number of para-hydroxylation sites is 1. The molecule has 0 unspecified atom stereocenters. The van der Waals surface area contributed by atoms with E-state index < -0.39 is 0 Å². The van der Waals surface area contributed by atoms with Gasteiger partial charge in [-0.25, -0.2) is 4.39 Å². The number of likely N-dealkylation sites (N-methyl/N-ethyl adjacent to an activating group) is 1. The van der Waals surface area contributed by atoms with Crippen LogP contribution >= 0.6 is 0 Å². The maximum atomic E-state index is 13.8. The third kappa shape index (κ3) is 3.43. The number of hydrogen-bond acceptors (Lipinski definition) is 3. The second-order valence-corrected chi connectivity index (χ2v) is 5.44. The predicted molar refractivity (Wildman–Crippen MR) is 72.3 cm³/mol. The van der Waals surface area contributed by atoms with Crippen LogP contribution in [-0.2, 0) is 0 Å². The van der Waals surface area contributed by atoms with Gasteiger partial charge in [0, 0.05) is 17.1 Å². The first kappa shape index (κ1) is 14.9. The van der Waals surface area contributed by atoms with Crippen molar-refractivity contribution in [2.45, 2.75) is 32.4 Å². The topological polar surface area (TPSA) is 38.5 Å². The van der Waals surface area contributed by atoms with Gasteiger partial charge in [-0.3, -0.25) is 0 Å². The number of nitrogens with zero attached hydrogens (tertiary/aromatic N) is 1. The summed E-state index contributed by atoms with van der Waals surface area (Å²) in [6.07, 6.45) is 0. The summed E-state index contributed by atoms with van der Waals surface area (Å²) in [6.45, 7) is 6.30. The van der Waals surface area contributed by atoms with Crippen LogP contribution in [0.5, 0.6) is 5.75 Å². The van der Waals surface area contributed by atoms with Crippen LogP contribution in [0, 0.1) is 5.82 Å². The lowest BCUT2D eigenvalue weighted by Gasteiger charge is -2.32. The van der Waals surface area contributed by atoms with Gasteiger partial charge in [0.1, 0.15) is 6.61 Å². The molecule has 0 aromatic heterocycles. The molecule has 4 heteroatoms. The molecule has 0 saturated carbocycles. The molecular weight excluding hydrogens is 231 g/mol. The first-order valence-corrected chi connectivity index (χ1v) is 6.10. The zero-order valence-corrected chi connectivity index (χ0v) is 11.8. The quantitative estimate of drug-likeness (QED) is 0.877. The van der Waals surface area contributed by atoms with Crippen molar-refractivity contribution >= 4 is 0 Å². The SMILES string of the molecule is C[C@H](N)c1cccc(F)c1OCC(C)(C)N(C)C. The normalized spacial score (nSPS) is 13.8. The van der Waals surface area contributed by atoms with E-state index in [9.17, 15) is 4.39 Å². The number of rotatable bonds is 5. The van der Waals surface area contributed by atoms with E-state index in [1.54, 1.807) is 12.1 Å². The fraction of sp³-hybridized carbons (Fsp3) is 0.571. The number of benzene rings is 1. The number of nitrogens with two attached hydrogens (primary N) is 1. The van der Waals surface area contributed by atoms with Crippen molar-refractivity contribution in [2.24, 2.45) is 5.73 Å². The minimum atomic E-state index is -0.362. The average Bonchev–Trinajstić information content (AvgIpc) is 2.26. The molecule has 102 valence electrons. The summed E-state index contributed by atoms with van der Waals surface area (Å²) in [5.41, 5.74) is 6.35. The zero-order chi connectivity index (χ0) is 13.9. The smallest absolute Gasteiger partial charge is 0.165 e. The monoisotopic (exact) mass is 254 g/mol. The molecule has 0 fully saturated rings. The fourth-order valence-electron chi connectivity index (χ4n) is 1.41. The van der Waals surface area contributed by atoms with E-state index in [0.717, 1.165) is 0 Å². The first-order valence-electron chi connectivity index (χ1n) is 6.10. The Morgan fingerprint density at radius 1 is 1.39 bits per heavy atom. The van der Waals surface area contributed by atoms with Crippen LogP contribution in [-0.4, -0.2) is 31.1 Å². The molecular formula is C14H23FN2O. The minimum Gasteiger partial charge on any atom is -0.488 e. The van der Waals surface area contributed by atoms with Gasteiger partial charge in [-0.05, 0) is 40.9 Å². The summed E-state index contributed by atoms with van der Waals surface area (Å²) in [6, 6.07) is 4.59. The van der Waals surface area contributed by atoms with E-state index >= 15 is 0 Å². The van der Waals surface area contributed by atoms with E-state index in [0.29, 0.717) is 12.2 Å². The van der Waals surface area contributed by atoms with Crippen molar-refractivity contribution in [3.8, 4) is 5.75 Å². The molecule has 0 radical (unpaired) electrons. The van der Waals surface area contributed by atoms with Gasteiger partial charge in [0.2, 0.25) is 0 Å². The number of hydrogen-bond donors (Lipinski definition) is 1. The lowest BCUT2D eigenvalue weighted by atomic mass is 10.1. The lowest BCUT2D eigenvalue weighted by Crippen LogP contribution is -2.43. The van der Waals surface area contributed by atoms with Crippen LogP contribution in [0.25, 0.3) is 0 Å². The van der Waals surface area contributed by atoms with Crippen LogP contribution in [0.4, 0.5) is 4.39 Å². The average molecular weight is 254 g/mol. The molecule has 0 bridgehead atoms. The molecule has 1 aromatic rings. The van der Waals surface area contributed by atoms with E-state index in [1.807, 2.05) is 39.8 Å². The third-order valence-corrected chi connectivity index (χ3v) is 3.27. The van der Waals surface area contributed by atoms with Crippen LogP contribution < -0.4 is 10.5 Å². The second-order valence-electron chi connectivity index (χ2n) is 5.44. The molecule has 3 nitrogen and oxygen atoms in total. The van der Waals surface area contributed by atoms with Gasteiger partial charge in [0.15, 0.2) is 11.6 Å². The van der Waals surface area contributed by atoms with Gasteiger partial charge >= 0.3 is 0 Å². The fourth-order valence-corrected chi connectivity index (χ4v) is 1.41. The Kier molecular flexibility index (Phi) is 4.71. The van der Waals surface area contributed by atoms with Gasteiger partial charge in [-0.1, -0.05) is 12.1 Å². The summed E-state index contributed by atoms with van der Waals surface area (Å²) < 4.78 is 19.5. The van der Waals surface area contributed by atoms with E-state index in [1.165, 1.54) is 6.07 Å². The van der Waals surface area contributed by atoms with Gasteiger partial charge in [0.25, 0.3) is 0 Å². The zero-order valence-electron chi connectivity index (χ0n) is 11.8. The Bertz CT molecular complexity index is 403. The largest absolute Gasteiger partial charge is 0.488 e. The minimum absolute atomic E-state index is 0.169. The first-order chi connectivity index (χ1) is 8.25. The van der Waals surface area contributed by atoms with Crippen LogP contribution in [0.15, 0.2) is 18.2 Å². The Morgan fingerprint density at radius 3 is 2.50 bits per heavy atom. The Balaban J connectivity index is 2.91. The van der Waals surface area contributed by atoms with Crippen LogP contribution in [0.2, 0.25) is 0 Å². The molecule has 1 rings (SSSR count). The molecule has 1 aromatic carbocycles. The molecule has 0 aliphatic heterocycles. The molecule has 0 aliphatic carbocycles.